The molecule has 224 valence electrons. The largest absolute Gasteiger partial charge is 0.338 e. The zero-order valence-electron chi connectivity index (χ0n) is 25.1. The molecule has 2 heterocycles. The van der Waals surface area contributed by atoms with Gasteiger partial charge < -0.3 is 31.1 Å². The van der Waals surface area contributed by atoms with Gasteiger partial charge in [0.1, 0.15) is 0 Å². The van der Waals surface area contributed by atoms with E-state index in [4.69, 9.17) is 0 Å². The summed E-state index contributed by atoms with van der Waals surface area (Å²) in [5.74, 6) is 0. The topological polar surface area (TPSA) is 88.7 Å². The lowest BCUT2D eigenvalue weighted by atomic mass is 10.0. The standard InChI is InChI=1S/C33H50N6O2/c1-26-9-3-5-21-38(26)23-7-19-34-32(40)36-30-15-11-28(12-16-30)25-29-13-17-31(18-14-29)37-33(41)35-20-8-24-39-22-6-4-10-27(39)2/h11-18,26-27H,3-10,19-25H2,1-2H3,(H2,34,36,40)(H2,35,37,41)/t26-,27+. The van der Waals surface area contributed by atoms with Gasteiger partial charge in [0.05, 0.1) is 0 Å². The molecule has 0 spiro atoms. The van der Waals surface area contributed by atoms with E-state index in [1.165, 1.54) is 51.6 Å². The third-order valence-corrected chi connectivity index (χ3v) is 8.53. The summed E-state index contributed by atoms with van der Waals surface area (Å²) in [6.45, 7) is 10.4. The molecule has 41 heavy (non-hydrogen) atoms. The van der Waals surface area contributed by atoms with Crippen LogP contribution in [0.1, 0.15) is 76.3 Å². The number of carbonyl (C=O) groups is 2. The molecular formula is C33H50N6O2. The smallest absolute Gasteiger partial charge is 0.319 e. The number of nitrogens with one attached hydrogen (secondary N) is 4. The molecule has 0 unspecified atom stereocenters. The molecule has 4 amide bonds. The number of anilines is 2. The Hall–Kier alpha value is -3.10. The van der Waals surface area contributed by atoms with Gasteiger partial charge in [0, 0.05) is 49.6 Å². The molecule has 0 saturated carbocycles. The number of likely N-dealkylation sites (tertiary alicyclic amines) is 2. The van der Waals surface area contributed by atoms with Crippen molar-refractivity contribution in [3.63, 3.8) is 0 Å². The predicted molar refractivity (Wildman–Crippen MR) is 169 cm³/mol. The van der Waals surface area contributed by atoms with Crippen LogP contribution in [-0.4, -0.2) is 73.2 Å². The van der Waals surface area contributed by atoms with Crippen LogP contribution in [0.15, 0.2) is 48.5 Å². The van der Waals surface area contributed by atoms with Crippen molar-refractivity contribution in [2.45, 2.75) is 83.7 Å². The highest BCUT2D eigenvalue weighted by molar-refractivity contribution is 5.89. The van der Waals surface area contributed by atoms with Crippen molar-refractivity contribution in [3.05, 3.63) is 59.7 Å². The molecule has 8 heteroatoms. The third kappa shape index (κ3) is 10.7. The molecule has 2 fully saturated rings. The lowest BCUT2D eigenvalue weighted by Gasteiger charge is -2.33. The zero-order valence-corrected chi connectivity index (χ0v) is 25.1. The summed E-state index contributed by atoms with van der Waals surface area (Å²) >= 11 is 0. The molecule has 2 aliphatic heterocycles. The zero-order chi connectivity index (χ0) is 28.9. The average molecular weight is 563 g/mol. The second-order valence-corrected chi connectivity index (χ2v) is 11.8. The Morgan fingerprint density at radius 3 is 1.46 bits per heavy atom. The van der Waals surface area contributed by atoms with Crippen LogP contribution in [0, 0.1) is 0 Å². The van der Waals surface area contributed by atoms with Crippen molar-refractivity contribution in [3.8, 4) is 0 Å². The second-order valence-electron chi connectivity index (χ2n) is 11.8. The Bertz CT molecular complexity index is 989. The summed E-state index contributed by atoms with van der Waals surface area (Å²) in [5.41, 5.74) is 3.89. The molecule has 2 aromatic rings. The summed E-state index contributed by atoms with van der Waals surface area (Å²) in [7, 11) is 0. The van der Waals surface area contributed by atoms with Gasteiger partial charge in [0.25, 0.3) is 0 Å². The quantitative estimate of drug-likeness (QED) is 0.237. The molecule has 8 nitrogen and oxygen atoms in total. The molecule has 0 radical (unpaired) electrons. The highest BCUT2D eigenvalue weighted by Crippen LogP contribution is 2.18. The SMILES string of the molecule is C[C@@H]1CCCCN1CCCNC(=O)Nc1ccc(Cc2ccc(NC(=O)NCCCN3CCCC[C@@H]3C)cc2)cc1. The number of amides is 4. The Balaban J connectivity index is 1.10. The first-order chi connectivity index (χ1) is 20.0. The molecule has 2 aromatic carbocycles. The summed E-state index contributed by atoms with van der Waals surface area (Å²) in [6.07, 6.45) is 10.5. The van der Waals surface area contributed by atoms with E-state index in [-0.39, 0.29) is 12.1 Å². The van der Waals surface area contributed by atoms with E-state index >= 15 is 0 Å². The maximum atomic E-state index is 12.3. The summed E-state index contributed by atoms with van der Waals surface area (Å²) in [5, 5.41) is 11.8. The molecule has 2 aliphatic rings. The average Bonchev–Trinajstić information content (AvgIpc) is 2.97. The van der Waals surface area contributed by atoms with Crippen molar-refractivity contribution in [2.24, 2.45) is 0 Å². The van der Waals surface area contributed by atoms with Gasteiger partial charge in [0.2, 0.25) is 0 Å². The summed E-state index contributed by atoms with van der Waals surface area (Å²) < 4.78 is 0. The van der Waals surface area contributed by atoms with Gasteiger partial charge in [-0.3, -0.25) is 0 Å². The molecule has 2 atom stereocenters. The number of hydrogen-bond donors (Lipinski definition) is 4. The van der Waals surface area contributed by atoms with Gasteiger partial charge in [0.15, 0.2) is 0 Å². The fourth-order valence-electron chi connectivity index (χ4n) is 5.95. The number of rotatable bonds is 12. The van der Waals surface area contributed by atoms with Gasteiger partial charge in [-0.15, -0.1) is 0 Å². The number of piperidine rings is 2. The Morgan fingerprint density at radius 2 is 1.07 bits per heavy atom. The number of hydrogen-bond acceptors (Lipinski definition) is 4. The van der Waals surface area contributed by atoms with Crippen LogP contribution in [0.25, 0.3) is 0 Å². The van der Waals surface area contributed by atoms with Crippen LogP contribution in [0.4, 0.5) is 21.0 Å². The van der Waals surface area contributed by atoms with E-state index in [0.717, 1.165) is 54.9 Å². The number of nitrogens with zero attached hydrogens (tertiary/aromatic N) is 2. The lowest BCUT2D eigenvalue weighted by Crippen LogP contribution is -2.39. The summed E-state index contributed by atoms with van der Waals surface area (Å²) in [6, 6.07) is 16.9. The number of urea groups is 2. The van der Waals surface area contributed by atoms with Crippen LogP contribution in [0.3, 0.4) is 0 Å². The van der Waals surface area contributed by atoms with E-state index < -0.39 is 0 Å². The van der Waals surface area contributed by atoms with Crippen LogP contribution < -0.4 is 21.3 Å². The van der Waals surface area contributed by atoms with Crippen molar-refractivity contribution in [2.75, 3.05) is 49.9 Å². The highest BCUT2D eigenvalue weighted by Gasteiger charge is 2.18. The number of benzene rings is 2. The normalized spacial score (nSPS) is 19.9. The van der Waals surface area contributed by atoms with E-state index in [2.05, 4.69) is 44.9 Å². The van der Waals surface area contributed by atoms with Crippen molar-refractivity contribution in [1.29, 1.82) is 0 Å². The van der Waals surface area contributed by atoms with Gasteiger partial charge in [-0.05, 0) is 107 Å². The maximum absolute atomic E-state index is 12.3. The molecule has 4 N–H and O–H groups in total. The van der Waals surface area contributed by atoms with E-state index in [1.54, 1.807) is 0 Å². The Kier molecular flexibility index (Phi) is 12.3. The van der Waals surface area contributed by atoms with Gasteiger partial charge in [-0.1, -0.05) is 37.1 Å². The molecule has 0 aromatic heterocycles. The predicted octanol–water partition coefficient (Wildman–Crippen LogP) is 6.05. The van der Waals surface area contributed by atoms with Crippen molar-refractivity contribution >= 4 is 23.4 Å². The molecule has 4 rings (SSSR count). The minimum atomic E-state index is -0.159. The van der Waals surface area contributed by atoms with Crippen LogP contribution in [0.2, 0.25) is 0 Å². The fraction of sp³-hybridized carbons (Fsp3) is 0.576. The van der Waals surface area contributed by atoms with Crippen LogP contribution >= 0.6 is 0 Å². The molecule has 2 saturated heterocycles. The molecular weight excluding hydrogens is 512 g/mol. The fourth-order valence-corrected chi connectivity index (χ4v) is 5.95. The van der Waals surface area contributed by atoms with Crippen LogP contribution in [-0.2, 0) is 6.42 Å². The minimum Gasteiger partial charge on any atom is -0.338 e. The Morgan fingerprint density at radius 1 is 0.659 bits per heavy atom. The monoisotopic (exact) mass is 562 g/mol. The third-order valence-electron chi connectivity index (χ3n) is 8.53. The molecule has 0 aliphatic carbocycles. The van der Waals surface area contributed by atoms with Crippen molar-refractivity contribution in [1.82, 2.24) is 20.4 Å². The Labute approximate surface area is 246 Å². The van der Waals surface area contributed by atoms with Gasteiger partial charge >= 0.3 is 12.1 Å². The first-order valence-corrected chi connectivity index (χ1v) is 15.7. The van der Waals surface area contributed by atoms with Gasteiger partial charge in [-0.2, -0.15) is 0 Å². The summed E-state index contributed by atoms with van der Waals surface area (Å²) in [4.78, 5) is 29.6. The van der Waals surface area contributed by atoms with E-state index in [9.17, 15) is 9.59 Å². The van der Waals surface area contributed by atoms with E-state index in [1.807, 2.05) is 48.5 Å². The number of carbonyl (C=O) groups excluding carboxylic acids is 2. The van der Waals surface area contributed by atoms with Crippen molar-refractivity contribution < 1.29 is 9.59 Å². The minimum absolute atomic E-state index is 0.159. The van der Waals surface area contributed by atoms with Gasteiger partial charge in [-0.25, -0.2) is 9.59 Å². The highest BCUT2D eigenvalue weighted by atomic mass is 16.2. The molecule has 0 bridgehead atoms. The first-order valence-electron chi connectivity index (χ1n) is 15.7. The van der Waals surface area contributed by atoms with E-state index in [0.29, 0.717) is 25.2 Å². The second kappa shape index (κ2) is 16.4. The van der Waals surface area contributed by atoms with Crippen LogP contribution in [0.5, 0.6) is 0 Å². The maximum Gasteiger partial charge on any atom is 0.319 e. The first kappa shape index (κ1) is 30.8. The lowest BCUT2D eigenvalue weighted by molar-refractivity contribution is 0.159.